The third-order valence-corrected chi connectivity index (χ3v) is 7.25. The van der Waals surface area contributed by atoms with Crippen molar-refractivity contribution in [2.24, 2.45) is 0 Å². The zero-order valence-electron chi connectivity index (χ0n) is 15.1. The van der Waals surface area contributed by atoms with Crippen LogP contribution in [0.2, 0.25) is 0 Å². The van der Waals surface area contributed by atoms with E-state index in [0.717, 1.165) is 5.75 Å². The van der Waals surface area contributed by atoms with E-state index in [0.29, 0.717) is 16.9 Å². The van der Waals surface area contributed by atoms with Crippen molar-refractivity contribution in [1.29, 1.82) is 0 Å². The summed E-state index contributed by atoms with van der Waals surface area (Å²) in [7, 11) is -0.117. The van der Waals surface area contributed by atoms with Crippen molar-refractivity contribution in [3.05, 3.63) is 70.5 Å². The molecule has 1 fully saturated rings. The van der Waals surface area contributed by atoms with Gasteiger partial charge in [-0.1, -0.05) is 30.3 Å². The molecule has 4 N–H and O–H groups in total. The summed E-state index contributed by atoms with van der Waals surface area (Å²) in [6, 6.07) is 12.7. The first-order valence-corrected chi connectivity index (χ1v) is 10.8. The van der Waals surface area contributed by atoms with Crippen molar-refractivity contribution in [2.45, 2.75) is 42.0 Å². The van der Waals surface area contributed by atoms with Gasteiger partial charge in [-0.2, -0.15) is 10.5 Å². The second kappa shape index (κ2) is 8.02. The van der Waals surface area contributed by atoms with Crippen LogP contribution in [0, 0.1) is 5.82 Å². The highest BCUT2D eigenvalue weighted by Gasteiger charge is 2.46. The largest absolute Gasteiger partial charge is 0.394 e. The summed E-state index contributed by atoms with van der Waals surface area (Å²) in [5.41, 5.74) is 3.53. The van der Waals surface area contributed by atoms with Gasteiger partial charge < -0.3 is 25.2 Å². The van der Waals surface area contributed by atoms with Crippen LogP contribution in [0.25, 0.3) is 0 Å². The molecule has 4 rings (SSSR count). The van der Waals surface area contributed by atoms with Gasteiger partial charge in [-0.15, -0.1) is 0 Å². The smallest absolute Gasteiger partial charge is 0.127 e. The van der Waals surface area contributed by atoms with Gasteiger partial charge in [0.25, 0.3) is 0 Å². The van der Waals surface area contributed by atoms with Crippen LogP contribution in [0.5, 0.6) is 0 Å². The molecule has 2 unspecified atom stereocenters. The lowest BCUT2D eigenvalue weighted by atomic mass is 9.99. The molecule has 150 valence electrons. The quantitative estimate of drug-likeness (QED) is 0.565. The summed E-state index contributed by atoms with van der Waals surface area (Å²) >= 11 is 0. The van der Waals surface area contributed by atoms with E-state index in [1.165, 1.54) is 23.3 Å². The Hall–Kier alpha value is -1.61. The fraction of sp³-hybridized carbons (Fsp3) is 0.381. The predicted octanol–water partition coefficient (Wildman–Crippen LogP) is 1.47. The maximum atomic E-state index is 14.4. The predicted molar refractivity (Wildman–Crippen MR) is 106 cm³/mol. The van der Waals surface area contributed by atoms with Crippen molar-refractivity contribution < 1.29 is 29.6 Å². The van der Waals surface area contributed by atoms with Gasteiger partial charge in [-0.3, -0.25) is 0 Å². The minimum Gasteiger partial charge on any atom is -0.394 e. The highest BCUT2D eigenvalue weighted by atomic mass is 32.2. The summed E-state index contributed by atoms with van der Waals surface area (Å²) in [5, 5.41) is 41.5. The van der Waals surface area contributed by atoms with Gasteiger partial charge in [-0.25, -0.2) is 4.39 Å². The topological polar surface area (TPSA) is 90.2 Å². The van der Waals surface area contributed by atoms with Crippen LogP contribution in [0.4, 0.5) is 4.39 Å². The average molecular weight is 406 g/mol. The Bertz CT molecular complexity index is 902. The molecule has 5 nitrogen and oxygen atoms in total. The SMILES string of the molecule is OCC(O)[C@H]1O[C@@H](c2ccc(F)c(CS3=Cc4ccccc4C3)c2)[C@H](O)[C@H]1O. The molecular weight excluding hydrogens is 383 g/mol. The van der Waals surface area contributed by atoms with Crippen molar-refractivity contribution in [1.82, 2.24) is 0 Å². The van der Waals surface area contributed by atoms with E-state index in [-0.39, 0.29) is 16.3 Å². The van der Waals surface area contributed by atoms with Gasteiger partial charge in [-0.05, 0) is 39.8 Å². The lowest BCUT2D eigenvalue weighted by Gasteiger charge is -2.19. The second-order valence-corrected chi connectivity index (χ2v) is 9.13. The number of aliphatic hydroxyl groups is 4. The Morgan fingerprint density at radius 1 is 1.14 bits per heavy atom. The molecule has 2 heterocycles. The molecule has 0 spiro atoms. The molecule has 0 amide bonds. The van der Waals surface area contributed by atoms with Crippen molar-refractivity contribution >= 4 is 15.9 Å². The molecule has 2 aromatic rings. The lowest BCUT2D eigenvalue weighted by Crippen LogP contribution is -2.40. The molecule has 2 aromatic carbocycles. The summed E-state index contributed by atoms with van der Waals surface area (Å²) in [4.78, 5) is 0. The Kier molecular flexibility index (Phi) is 5.64. The molecule has 0 aliphatic carbocycles. The van der Waals surface area contributed by atoms with Crippen LogP contribution in [0.1, 0.15) is 28.4 Å². The molecule has 28 heavy (non-hydrogen) atoms. The third kappa shape index (κ3) is 3.66. The number of benzene rings is 2. The number of aliphatic hydroxyl groups excluding tert-OH is 4. The standard InChI is InChI=1S/C21H23FO5S/c22-16-6-5-12(20-18(25)19(26)21(27-20)17(24)8-23)7-15(16)11-28-9-13-3-1-2-4-14(13)10-28/h1-7,9,17-21,23-26H,8,10-11H2/t17?,18-,19-,20+,21-,28?/m1/s1. The molecule has 2 aliphatic rings. The molecule has 2 aliphatic heterocycles. The van der Waals surface area contributed by atoms with Crippen LogP contribution < -0.4 is 0 Å². The average Bonchev–Trinajstić information content (AvgIpc) is 3.24. The first-order chi connectivity index (χ1) is 13.5. The Balaban J connectivity index is 1.55. The van der Waals surface area contributed by atoms with Crippen LogP contribution in [0.15, 0.2) is 42.5 Å². The second-order valence-electron chi connectivity index (χ2n) is 7.25. The minimum atomic E-state index is -1.33. The summed E-state index contributed by atoms with van der Waals surface area (Å²) in [5.74, 6) is 1.11. The van der Waals surface area contributed by atoms with Gasteiger partial charge in [0.05, 0.1) is 6.61 Å². The van der Waals surface area contributed by atoms with Crippen LogP contribution in [0.3, 0.4) is 0 Å². The normalized spacial score (nSPS) is 30.1. The molecule has 7 heteroatoms. The van der Waals surface area contributed by atoms with Gasteiger partial charge in [0.1, 0.15) is 36.3 Å². The van der Waals surface area contributed by atoms with E-state index in [2.05, 4.69) is 17.5 Å². The van der Waals surface area contributed by atoms with E-state index in [9.17, 15) is 19.7 Å². The Morgan fingerprint density at radius 3 is 2.68 bits per heavy atom. The monoisotopic (exact) mass is 406 g/mol. The fourth-order valence-electron chi connectivity index (χ4n) is 3.78. The van der Waals surface area contributed by atoms with Gasteiger partial charge in [0, 0.05) is 11.5 Å². The zero-order chi connectivity index (χ0) is 19.8. The number of ether oxygens (including phenoxy) is 1. The number of rotatable bonds is 5. The van der Waals surface area contributed by atoms with Crippen molar-refractivity contribution in [2.75, 3.05) is 6.61 Å². The maximum absolute atomic E-state index is 14.4. The lowest BCUT2D eigenvalue weighted by molar-refractivity contribution is -0.0820. The first kappa shape index (κ1) is 19.7. The summed E-state index contributed by atoms with van der Waals surface area (Å²) in [6.45, 7) is -0.588. The van der Waals surface area contributed by atoms with E-state index < -0.39 is 37.1 Å². The van der Waals surface area contributed by atoms with Gasteiger partial charge >= 0.3 is 0 Å². The highest BCUT2D eigenvalue weighted by molar-refractivity contribution is 8.14. The van der Waals surface area contributed by atoms with E-state index in [4.69, 9.17) is 9.84 Å². The van der Waals surface area contributed by atoms with Gasteiger partial charge in [0.15, 0.2) is 0 Å². The van der Waals surface area contributed by atoms with E-state index in [1.54, 1.807) is 6.07 Å². The van der Waals surface area contributed by atoms with Crippen molar-refractivity contribution in [3.63, 3.8) is 0 Å². The number of fused-ring (bicyclic) bond motifs is 1. The van der Waals surface area contributed by atoms with E-state index >= 15 is 0 Å². The fourth-order valence-corrected chi connectivity index (χ4v) is 5.92. The van der Waals surface area contributed by atoms with Crippen molar-refractivity contribution in [3.8, 4) is 0 Å². The molecule has 6 atom stereocenters. The summed E-state index contributed by atoms with van der Waals surface area (Å²) in [6.07, 6.45) is -5.90. The number of hydrogen-bond donors (Lipinski definition) is 4. The first-order valence-electron chi connectivity index (χ1n) is 9.16. The van der Waals surface area contributed by atoms with E-state index in [1.807, 2.05) is 12.1 Å². The molecule has 1 saturated heterocycles. The summed E-state index contributed by atoms with van der Waals surface area (Å²) < 4.78 is 20.0. The number of halogens is 1. The minimum absolute atomic E-state index is 0.117. The third-order valence-electron chi connectivity index (χ3n) is 5.30. The van der Waals surface area contributed by atoms with Crippen LogP contribution in [-0.2, 0) is 16.2 Å². The molecular formula is C21H23FO5S. The molecule has 0 bridgehead atoms. The Labute approximate surface area is 165 Å². The number of hydrogen-bond acceptors (Lipinski definition) is 5. The Morgan fingerprint density at radius 2 is 1.93 bits per heavy atom. The maximum Gasteiger partial charge on any atom is 0.127 e. The highest BCUT2D eigenvalue weighted by Crippen LogP contribution is 2.38. The van der Waals surface area contributed by atoms with Gasteiger partial charge in [0.2, 0.25) is 0 Å². The van der Waals surface area contributed by atoms with Crippen LogP contribution >= 0.6 is 10.5 Å². The molecule has 0 radical (unpaired) electrons. The molecule has 0 aromatic heterocycles. The zero-order valence-corrected chi connectivity index (χ0v) is 15.9. The van der Waals surface area contributed by atoms with Crippen LogP contribution in [-0.4, -0.2) is 56.8 Å². The molecule has 0 saturated carbocycles.